The monoisotopic (exact) mass is 338 g/mol. The fourth-order valence-electron chi connectivity index (χ4n) is 2.95. The van der Waals surface area contributed by atoms with Crippen LogP contribution in [0.1, 0.15) is 35.3 Å². The number of amides is 1. The summed E-state index contributed by atoms with van der Waals surface area (Å²) in [7, 11) is 0. The fraction of sp³-hybridized carbons (Fsp3) is 0.350. The lowest BCUT2D eigenvalue weighted by molar-refractivity contribution is -0.130. The first-order chi connectivity index (χ1) is 12.1. The zero-order chi connectivity index (χ0) is 17.6. The van der Waals surface area contributed by atoms with Gasteiger partial charge in [0.05, 0.1) is 6.54 Å². The molecule has 3 rings (SSSR count). The molecule has 0 radical (unpaired) electrons. The van der Waals surface area contributed by atoms with Gasteiger partial charge in [0.25, 0.3) is 0 Å². The predicted octanol–water partition coefficient (Wildman–Crippen LogP) is 3.03. The van der Waals surface area contributed by atoms with Crippen LogP contribution in [0, 0.1) is 6.92 Å². The number of nitrogens with zero attached hydrogens (tertiary/aromatic N) is 2. The molecule has 5 nitrogen and oxygen atoms in total. The van der Waals surface area contributed by atoms with Crippen LogP contribution in [-0.2, 0) is 4.79 Å². The van der Waals surface area contributed by atoms with Gasteiger partial charge in [-0.1, -0.05) is 36.4 Å². The Labute approximate surface area is 147 Å². The summed E-state index contributed by atoms with van der Waals surface area (Å²) in [5.41, 5.74) is 1.56. The normalized spacial score (nSPS) is 16.7. The van der Waals surface area contributed by atoms with Crippen LogP contribution in [0.15, 0.2) is 48.5 Å². The van der Waals surface area contributed by atoms with E-state index in [-0.39, 0.29) is 30.6 Å². The molecule has 1 unspecified atom stereocenters. The molecule has 2 aromatic rings. The SMILES string of the molecule is Cc1cccc(OC2CCN(C(=O)CCC(=O)c3ccccc3)C2)n1. The van der Waals surface area contributed by atoms with Gasteiger partial charge in [-0.15, -0.1) is 0 Å². The summed E-state index contributed by atoms with van der Waals surface area (Å²) < 4.78 is 5.86. The first-order valence-electron chi connectivity index (χ1n) is 8.58. The van der Waals surface area contributed by atoms with Gasteiger partial charge in [0.1, 0.15) is 6.10 Å². The van der Waals surface area contributed by atoms with E-state index in [1.807, 2.05) is 43.3 Å². The number of aromatic nitrogens is 1. The zero-order valence-corrected chi connectivity index (χ0v) is 14.4. The van der Waals surface area contributed by atoms with Crippen molar-refractivity contribution in [3.8, 4) is 5.88 Å². The molecule has 130 valence electrons. The minimum absolute atomic E-state index is 0.00454. The number of aryl methyl sites for hydroxylation is 1. The Morgan fingerprint density at radius 1 is 1.12 bits per heavy atom. The van der Waals surface area contributed by atoms with Gasteiger partial charge in [-0.2, -0.15) is 0 Å². The van der Waals surface area contributed by atoms with Crippen molar-refractivity contribution in [2.45, 2.75) is 32.3 Å². The molecular formula is C20H22N2O3. The lowest BCUT2D eigenvalue weighted by atomic mass is 10.1. The number of likely N-dealkylation sites (tertiary alicyclic amines) is 1. The summed E-state index contributed by atoms with van der Waals surface area (Å²) in [5.74, 6) is 0.607. The Balaban J connectivity index is 1.47. The van der Waals surface area contributed by atoms with Crippen molar-refractivity contribution >= 4 is 11.7 Å². The quantitative estimate of drug-likeness (QED) is 0.760. The van der Waals surface area contributed by atoms with Crippen molar-refractivity contribution in [2.24, 2.45) is 0 Å². The van der Waals surface area contributed by atoms with Crippen LogP contribution in [0.4, 0.5) is 0 Å². The molecule has 1 saturated heterocycles. The third-order valence-electron chi connectivity index (χ3n) is 4.31. The number of carbonyl (C=O) groups excluding carboxylic acids is 2. The maximum Gasteiger partial charge on any atom is 0.223 e. The number of pyridine rings is 1. The number of Topliss-reactive ketones (excluding diaryl/α,β-unsaturated/α-hetero) is 1. The van der Waals surface area contributed by atoms with Crippen molar-refractivity contribution in [1.82, 2.24) is 9.88 Å². The Morgan fingerprint density at radius 3 is 2.68 bits per heavy atom. The maximum atomic E-state index is 12.3. The van der Waals surface area contributed by atoms with Gasteiger partial charge in [-0.05, 0) is 13.0 Å². The highest BCUT2D eigenvalue weighted by atomic mass is 16.5. The molecule has 1 aliphatic heterocycles. The summed E-state index contributed by atoms with van der Waals surface area (Å²) in [6.07, 6.45) is 1.23. The molecule has 1 aliphatic rings. The second-order valence-corrected chi connectivity index (χ2v) is 6.27. The molecule has 0 spiro atoms. The average molecular weight is 338 g/mol. The molecule has 1 fully saturated rings. The molecule has 1 aromatic heterocycles. The minimum atomic E-state index is -0.0388. The van der Waals surface area contributed by atoms with Crippen molar-refractivity contribution in [3.05, 3.63) is 59.8 Å². The Kier molecular flexibility index (Phi) is 5.43. The Bertz CT molecular complexity index is 746. The number of benzene rings is 1. The van der Waals surface area contributed by atoms with Crippen molar-refractivity contribution in [1.29, 1.82) is 0 Å². The molecule has 0 N–H and O–H groups in total. The number of ether oxygens (including phenoxy) is 1. The molecule has 1 aromatic carbocycles. The first kappa shape index (κ1) is 17.1. The predicted molar refractivity (Wildman–Crippen MR) is 94.6 cm³/mol. The highest BCUT2D eigenvalue weighted by Crippen LogP contribution is 2.18. The van der Waals surface area contributed by atoms with Crippen LogP contribution in [0.2, 0.25) is 0 Å². The molecule has 5 heteroatoms. The van der Waals surface area contributed by atoms with Crippen LogP contribution >= 0.6 is 0 Å². The second-order valence-electron chi connectivity index (χ2n) is 6.27. The average Bonchev–Trinajstić information content (AvgIpc) is 3.08. The number of ketones is 1. The second kappa shape index (κ2) is 7.92. The van der Waals surface area contributed by atoms with E-state index in [1.54, 1.807) is 17.0 Å². The highest BCUT2D eigenvalue weighted by molar-refractivity contribution is 5.97. The molecule has 1 amide bonds. The van der Waals surface area contributed by atoms with Gasteiger partial charge in [-0.3, -0.25) is 9.59 Å². The Morgan fingerprint density at radius 2 is 1.92 bits per heavy atom. The van der Waals surface area contributed by atoms with Gasteiger partial charge >= 0.3 is 0 Å². The fourth-order valence-corrected chi connectivity index (χ4v) is 2.95. The van der Waals surface area contributed by atoms with Crippen LogP contribution < -0.4 is 4.74 Å². The minimum Gasteiger partial charge on any atom is -0.472 e. The number of carbonyl (C=O) groups is 2. The summed E-state index contributed by atoms with van der Waals surface area (Å²) in [6, 6.07) is 14.7. The summed E-state index contributed by atoms with van der Waals surface area (Å²) in [6.45, 7) is 3.13. The van der Waals surface area contributed by atoms with E-state index in [2.05, 4.69) is 4.98 Å². The van der Waals surface area contributed by atoms with Crippen LogP contribution in [0.5, 0.6) is 5.88 Å². The molecular weight excluding hydrogens is 316 g/mol. The first-order valence-corrected chi connectivity index (χ1v) is 8.58. The van der Waals surface area contributed by atoms with Gasteiger partial charge < -0.3 is 9.64 Å². The van der Waals surface area contributed by atoms with E-state index in [0.29, 0.717) is 24.5 Å². The van der Waals surface area contributed by atoms with E-state index in [0.717, 1.165) is 12.1 Å². The van der Waals surface area contributed by atoms with Crippen LogP contribution in [0.3, 0.4) is 0 Å². The zero-order valence-electron chi connectivity index (χ0n) is 14.4. The number of hydrogen-bond acceptors (Lipinski definition) is 4. The molecule has 1 atom stereocenters. The van der Waals surface area contributed by atoms with Crippen molar-refractivity contribution in [3.63, 3.8) is 0 Å². The summed E-state index contributed by atoms with van der Waals surface area (Å²) in [5, 5.41) is 0. The standard InChI is InChI=1S/C20H22N2O3/c1-15-6-5-9-19(21-15)25-17-12-13-22(14-17)20(24)11-10-18(23)16-7-3-2-4-8-16/h2-9,17H,10-14H2,1H3. The van der Waals surface area contributed by atoms with Crippen LogP contribution in [-0.4, -0.2) is 40.8 Å². The van der Waals surface area contributed by atoms with E-state index in [9.17, 15) is 9.59 Å². The lowest BCUT2D eigenvalue weighted by Crippen LogP contribution is -2.31. The van der Waals surface area contributed by atoms with E-state index in [1.165, 1.54) is 0 Å². The van der Waals surface area contributed by atoms with E-state index >= 15 is 0 Å². The van der Waals surface area contributed by atoms with E-state index < -0.39 is 0 Å². The molecule has 0 aliphatic carbocycles. The lowest BCUT2D eigenvalue weighted by Gasteiger charge is -2.17. The van der Waals surface area contributed by atoms with Crippen molar-refractivity contribution < 1.29 is 14.3 Å². The third kappa shape index (κ3) is 4.66. The van der Waals surface area contributed by atoms with Gasteiger partial charge in [0.2, 0.25) is 11.8 Å². The Hall–Kier alpha value is -2.69. The molecule has 25 heavy (non-hydrogen) atoms. The van der Waals surface area contributed by atoms with Gasteiger partial charge in [-0.25, -0.2) is 4.98 Å². The third-order valence-corrected chi connectivity index (χ3v) is 4.31. The molecule has 0 saturated carbocycles. The number of hydrogen-bond donors (Lipinski definition) is 0. The summed E-state index contributed by atoms with van der Waals surface area (Å²) >= 11 is 0. The largest absolute Gasteiger partial charge is 0.472 e. The highest BCUT2D eigenvalue weighted by Gasteiger charge is 2.28. The molecule has 0 bridgehead atoms. The number of rotatable bonds is 6. The summed E-state index contributed by atoms with van der Waals surface area (Å²) in [4.78, 5) is 30.5. The van der Waals surface area contributed by atoms with E-state index in [4.69, 9.17) is 4.74 Å². The molecule has 2 heterocycles. The smallest absolute Gasteiger partial charge is 0.223 e. The maximum absolute atomic E-state index is 12.3. The van der Waals surface area contributed by atoms with Gasteiger partial charge in [0.15, 0.2) is 5.78 Å². The topological polar surface area (TPSA) is 59.5 Å². The van der Waals surface area contributed by atoms with Crippen molar-refractivity contribution in [2.75, 3.05) is 13.1 Å². The van der Waals surface area contributed by atoms with Crippen LogP contribution in [0.25, 0.3) is 0 Å². The van der Waals surface area contributed by atoms with Gasteiger partial charge in [0, 0.05) is 43.1 Å².